The van der Waals surface area contributed by atoms with Gasteiger partial charge in [0.1, 0.15) is 0 Å². The molecule has 4 heteroatoms. The first-order valence-corrected chi connectivity index (χ1v) is 4.43. The van der Waals surface area contributed by atoms with Gasteiger partial charge >= 0.3 is 0 Å². The summed E-state index contributed by atoms with van der Waals surface area (Å²) < 4.78 is 10.5. The van der Waals surface area contributed by atoms with Gasteiger partial charge < -0.3 is 10.2 Å². The first kappa shape index (κ1) is 9.15. The van der Waals surface area contributed by atoms with Crippen LogP contribution in [-0.4, -0.2) is 17.7 Å². The summed E-state index contributed by atoms with van der Waals surface area (Å²) in [6, 6.07) is 0. The molecule has 9 heavy (non-hydrogen) atoms. The quantitative estimate of drug-likeness (QED) is 0.582. The lowest BCUT2D eigenvalue weighted by atomic mass is 10.2. The van der Waals surface area contributed by atoms with Crippen LogP contribution in [0.15, 0.2) is 0 Å². The minimum atomic E-state index is -2.38. The van der Waals surface area contributed by atoms with Crippen LogP contribution in [0.25, 0.3) is 0 Å². The molecule has 2 atom stereocenters. The van der Waals surface area contributed by atoms with Crippen LogP contribution in [0, 0.1) is 5.92 Å². The molecule has 0 fully saturated rings. The monoisotopic (exact) mass is 151 g/mol. The summed E-state index contributed by atoms with van der Waals surface area (Å²) in [5.74, 6) is 0.00129. The van der Waals surface area contributed by atoms with Crippen molar-refractivity contribution in [3.8, 4) is 0 Å². The van der Waals surface area contributed by atoms with Crippen LogP contribution in [0.4, 0.5) is 0 Å². The van der Waals surface area contributed by atoms with E-state index in [1.807, 2.05) is 13.8 Å². The zero-order valence-corrected chi connectivity index (χ0v) is 7.01. The van der Waals surface area contributed by atoms with E-state index in [1.165, 1.54) is 0 Å². The molecule has 0 amide bonds. The van der Waals surface area contributed by atoms with Crippen LogP contribution in [-0.2, 0) is 4.57 Å². The van der Waals surface area contributed by atoms with Gasteiger partial charge in [-0.15, -0.1) is 0 Å². The fraction of sp³-hybridized carbons (Fsp3) is 1.00. The highest BCUT2D eigenvalue weighted by Crippen LogP contribution is 2.25. The van der Waals surface area contributed by atoms with Gasteiger partial charge in [-0.1, -0.05) is 13.8 Å². The maximum absolute atomic E-state index is 10.5. The molecule has 0 rings (SSSR count). The Kier molecular flexibility index (Phi) is 4.11. The van der Waals surface area contributed by atoms with Gasteiger partial charge in [-0.3, -0.25) is 4.57 Å². The van der Waals surface area contributed by atoms with Crippen LogP contribution in [0.1, 0.15) is 13.8 Å². The third-order valence-corrected chi connectivity index (χ3v) is 2.73. The van der Waals surface area contributed by atoms with Crippen molar-refractivity contribution < 1.29 is 9.46 Å². The highest BCUT2D eigenvalue weighted by molar-refractivity contribution is 7.38. The van der Waals surface area contributed by atoms with Gasteiger partial charge in [-0.25, -0.2) is 0 Å². The second kappa shape index (κ2) is 4.04. The van der Waals surface area contributed by atoms with Crippen molar-refractivity contribution in [2.45, 2.75) is 19.6 Å². The highest BCUT2D eigenvalue weighted by Gasteiger charge is 2.14. The average Bonchev–Trinajstić information content (AvgIpc) is 1.64. The topological polar surface area (TPSA) is 49.3 Å². The minimum Gasteiger partial charge on any atom is -0.345 e. The molecule has 0 saturated heterocycles. The summed E-state index contributed by atoms with van der Waals surface area (Å²) in [5, 5.41) is 2.78. The van der Waals surface area contributed by atoms with E-state index in [1.54, 1.807) is 7.05 Å². The third kappa shape index (κ3) is 2.99. The summed E-state index contributed by atoms with van der Waals surface area (Å²) in [7, 11) is -0.687. The van der Waals surface area contributed by atoms with Crippen LogP contribution >= 0.6 is 8.03 Å². The fourth-order valence-electron chi connectivity index (χ4n) is 0.742. The molecule has 3 nitrogen and oxygen atoms in total. The Hall–Kier alpha value is 0.150. The third-order valence-electron chi connectivity index (χ3n) is 1.24. The van der Waals surface area contributed by atoms with E-state index in [0.29, 0.717) is 0 Å². The molecule has 2 unspecified atom stereocenters. The molecule has 0 aliphatic carbocycles. The first-order chi connectivity index (χ1) is 4.09. The SMILES string of the molecule is CNC(C(C)C)[PH](=O)O. The van der Waals surface area contributed by atoms with Gasteiger partial charge in [-0.05, 0) is 13.0 Å². The van der Waals surface area contributed by atoms with Gasteiger partial charge in [0.25, 0.3) is 0 Å². The van der Waals surface area contributed by atoms with Crippen molar-refractivity contribution in [3.63, 3.8) is 0 Å². The average molecular weight is 151 g/mol. The number of hydrogen-bond donors (Lipinski definition) is 2. The summed E-state index contributed by atoms with van der Waals surface area (Å²) >= 11 is 0. The van der Waals surface area contributed by atoms with E-state index in [9.17, 15) is 4.57 Å². The second-order valence-corrected chi connectivity index (χ2v) is 3.65. The Morgan fingerprint density at radius 1 is 1.56 bits per heavy atom. The lowest BCUT2D eigenvalue weighted by Crippen LogP contribution is -2.26. The molecule has 0 aliphatic heterocycles. The lowest BCUT2D eigenvalue weighted by Gasteiger charge is -2.15. The van der Waals surface area contributed by atoms with Crippen LogP contribution in [0.2, 0.25) is 0 Å². The molecule has 56 valence electrons. The van der Waals surface area contributed by atoms with E-state index in [-0.39, 0.29) is 11.7 Å². The number of rotatable bonds is 3. The number of nitrogens with one attached hydrogen (secondary N) is 1. The van der Waals surface area contributed by atoms with E-state index >= 15 is 0 Å². The lowest BCUT2D eigenvalue weighted by molar-refractivity contribution is 0.442. The van der Waals surface area contributed by atoms with Gasteiger partial charge in [-0.2, -0.15) is 0 Å². The van der Waals surface area contributed by atoms with Crippen LogP contribution < -0.4 is 5.32 Å². The molecule has 0 aromatic carbocycles. The predicted octanol–water partition coefficient (Wildman–Crippen LogP) is 0.655. The summed E-state index contributed by atoms with van der Waals surface area (Å²) in [6.45, 7) is 3.83. The van der Waals surface area contributed by atoms with Crippen molar-refractivity contribution in [1.29, 1.82) is 0 Å². The van der Waals surface area contributed by atoms with Crippen LogP contribution in [0.3, 0.4) is 0 Å². The molecule has 0 radical (unpaired) electrons. The predicted molar refractivity (Wildman–Crippen MR) is 38.9 cm³/mol. The van der Waals surface area contributed by atoms with Gasteiger partial charge in [0.05, 0.1) is 5.78 Å². The number of hydrogen-bond acceptors (Lipinski definition) is 2. The van der Waals surface area contributed by atoms with Gasteiger partial charge in [0.2, 0.25) is 8.03 Å². The molecular weight excluding hydrogens is 137 g/mol. The summed E-state index contributed by atoms with van der Waals surface area (Å²) in [6.07, 6.45) is 0. The van der Waals surface area contributed by atoms with E-state index in [0.717, 1.165) is 0 Å². The largest absolute Gasteiger partial charge is 0.345 e. The maximum atomic E-state index is 10.5. The smallest absolute Gasteiger partial charge is 0.205 e. The highest BCUT2D eigenvalue weighted by atomic mass is 31.1. The molecular formula is C5H14NO2P. The van der Waals surface area contributed by atoms with E-state index in [4.69, 9.17) is 4.89 Å². The Morgan fingerprint density at radius 3 is 2.00 bits per heavy atom. The zero-order chi connectivity index (χ0) is 7.44. The van der Waals surface area contributed by atoms with Crippen molar-refractivity contribution >= 4 is 8.03 Å². The molecule has 0 aliphatic rings. The van der Waals surface area contributed by atoms with Crippen molar-refractivity contribution in [3.05, 3.63) is 0 Å². The van der Waals surface area contributed by atoms with Crippen LogP contribution in [0.5, 0.6) is 0 Å². The standard InChI is InChI=1S/C5H14NO2P/c1-4(2)5(6-3)9(7)8/h4-6,9H,1-3H3,(H,7,8). The van der Waals surface area contributed by atoms with Crippen molar-refractivity contribution in [2.75, 3.05) is 7.05 Å². The summed E-state index contributed by atoms with van der Waals surface area (Å²) in [5.41, 5.74) is 0. The first-order valence-electron chi connectivity index (χ1n) is 2.99. The molecule has 0 aromatic heterocycles. The molecule has 0 saturated carbocycles. The molecule has 0 aromatic rings. The normalized spacial score (nSPS) is 17.9. The van der Waals surface area contributed by atoms with Gasteiger partial charge in [0, 0.05) is 0 Å². The molecule has 0 bridgehead atoms. The molecule has 0 heterocycles. The second-order valence-electron chi connectivity index (χ2n) is 2.35. The summed E-state index contributed by atoms with van der Waals surface area (Å²) in [4.78, 5) is 8.67. The Balaban J connectivity index is 3.83. The van der Waals surface area contributed by atoms with Crippen molar-refractivity contribution in [2.24, 2.45) is 5.92 Å². The molecule has 0 spiro atoms. The molecule has 2 N–H and O–H groups in total. The van der Waals surface area contributed by atoms with Gasteiger partial charge in [0.15, 0.2) is 0 Å². The van der Waals surface area contributed by atoms with Crippen molar-refractivity contribution in [1.82, 2.24) is 5.32 Å². The Bertz CT molecular complexity index is 105. The minimum absolute atomic E-state index is 0.227. The van der Waals surface area contributed by atoms with E-state index < -0.39 is 8.03 Å². The fourth-order valence-corrected chi connectivity index (χ4v) is 1.56. The Labute approximate surface area is 56.3 Å². The zero-order valence-electron chi connectivity index (χ0n) is 6.01. The Morgan fingerprint density at radius 2 is 2.00 bits per heavy atom. The van der Waals surface area contributed by atoms with E-state index in [2.05, 4.69) is 5.32 Å². The maximum Gasteiger partial charge on any atom is 0.205 e.